The molecular formula is C21H24F4O. The van der Waals surface area contributed by atoms with Gasteiger partial charge in [0.15, 0.2) is 0 Å². The number of alkyl halides is 3. The van der Waals surface area contributed by atoms with Crippen LogP contribution in [0.15, 0.2) is 36.4 Å². The van der Waals surface area contributed by atoms with Crippen molar-refractivity contribution < 1.29 is 22.3 Å². The number of halogens is 4. The van der Waals surface area contributed by atoms with Gasteiger partial charge < -0.3 is 0 Å². The van der Waals surface area contributed by atoms with Crippen molar-refractivity contribution in [3.05, 3.63) is 47.8 Å². The van der Waals surface area contributed by atoms with Crippen molar-refractivity contribution >= 4 is 10.8 Å². The third-order valence-electron chi connectivity index (χ3n) is 5.53. The van der Waals surface area contributed by atoms with Gasteiger partial charge in [-0.15, -0.1) is 13.2 Å². The second-order valence-corrected chi connectivity index (χ2v) is 7.17. The van der Waals surface area contributed by atoms with Crippen LogP contribution in [0, 0.1) is 11.7 Å². The van der Waals surface area contributed by atoms with Crippen LogP contribution in [-0.4, -0.2) is 6.36 Å². The lowest BCUT2D eigenvalue weighted by atomic mass is 9.69. The molecule has 1 aliphatic carbocycles. The third-order valence-corrected chi connectivity index (χ3v) is 5.53. The summed E-state index contributed by atoms with van der Waals surface area (Å²) in [4.78, 5) is 0. The highest BCUT2D eigenvalue weighted by Crippen LogP contribution is 2.51. The largest absolute Gasteiger partial charge is 0.523 e. The first kappa shape index (κ1) is 19.2. The fourth-order valence-electron chi connectivity index (χ4n) is 4.35. The molecule has 0 aliphatic heterocycles. The average molecular weight is 368 g/mol. The van der Waals surface area contributed by atoms with Crippen LogP contribution in [0.1, 0.15) is 57.4 Å². The summed E-state index contributed by atoms with van der Waals surface area (Å²) >= 11 is 0. The van der Waals surface area contributed by atoms with Gasteiger partial charge in [-0.1, -0.05) is 69.0 Å². The van der Waals surface area contributed by atoms with Crippen LogP contribution in [0.25, 0.3) is 10.8 Å². The molecule has 0 aromatic heterocycles. The van der Waals surface area contributed by atoms with Gasteiger partial charge >= 0.3 is 6.36 Å². The molecule has 0 radical (unpaired) electrons. The maximum absolute atomic E-state index is 15.3. The molecule has 0 saturated heterocycles. The monoisotopic (exact) mass is 368 g/mol. The fourth-order valence-corrected chi connectivity index (χ4v) is 4.35. The maximum Gasteiger partial charge on any atom is 0.523 e. The summed E-state index contributed by atoms with van der Waals surface area (Å²) < 4.78 is 60.2. The molecule has 1 fully saturated rings. The van der Waals surface area contributed by atoms with E-state index in [4.69, 9.17) is 4.74 Å². The van der Waals surface area contributed by atoms with E-state index >= 15 is 4.39 Å². The van der Waals surface area contributed by atoms with Gasteiger partial charge in [0, 0.05) is 10.9 Å². The van der Waals surface area contributed by atoms with Crippen molar-refractivity contribution in [1.82, 2.24) is 0 Å². The molecule has 26 heavy (non-hydrogen) atoms. The molecule has 0 spiro atoms. The van der Waals surface area contributed by atoms with E-state index in [2.05, 4.69) is 0 Å². The lowest BCUT2D eigenvalue weighted by molar-refractivity contribution is -0.384. The third kappa shape index (κ3) is 3.73. The number of fused-ring (bicyclic) bond motifs is 1. The zero-order valence-electron chi connectivity index (χ0n) is 14.9. The molecule has 1 nitrogen and oxygen atoms in total. The van der Waals surface area contributed by atoms with Gasteiger partial charge in [0.2, 0.25) is 0 Å². The Labute approximate surface area is 151 Å². The molecule has 1 saturated carbocycles. The van der Waals surface area contributed by atoms with Gasteiger partial charge in [0.05, 0.1) is 0 Å². The molecule has 2 atom stereocenters. The molecule has 0 bridgehead atoms. The molecule has 0 heterocycles. The topological polar surface area (TPSA) is 9.23 Å². The van der Waals surface area contributed by atoms with Crippen LogP contribution < -0.4 is 0 Å². The molecule has 3 rings (SSSR count). The van der Waals surface area contributed by atoms with Gasteiger partial charge in [-0.25, -0.2) is 4.39 Å². The molecule has 0 N–H and O–H groups in total. The standard InChI is InChI=1S/C21H24F4O/c1-2-3-9-16-10-6-7-14-20(16,26-21(23,24)25)18-13-12-15-8-4-5-11-17(15)19(18)22/h4-5,8,11-13,16H,2-3,6-7,9-10,14H2,1H3. The molecular weight excluding hydrogens is 344 g/mol. The average Bonchev–Trinajstić information content (AvgIpc) is 2.60. The number of hydrogen-bond acceptors (Lipinski definition) is 1. The molecule has 2 aromatic rings. The van der Waals surface area contributed by atoms with Crippen molar-refractivity contribution in [3.8, 4) is 0 Å². The zero-order valence-corrected chi connectivity index (χ0v) is 14.9. The van der Waals surface area contributed by atoms with Crippen LogP contribution in [0.3, 0.4) is 0 Å². The quantitative estimate of drug-likeness (QED) is 0.512. The van der Waals surface area contributed by atoms with Crippen molar-refractivity contribution in [3.63, 3.8) is 0 Å². The highest BCUT2D eigenvalue weighted by Gasteiger charge is 2.51. The Morgan fingerprint density at radius 3 is 2.62 bits per heavy atom. The Balaban J connectivity index is 2.15. The summed E-state index contributed by atoms with van der Waals surface area (Å²) in [6, 6.07) is 10.0. The Bertz CT molecular complexity index is 755. The smallest absolute Gasteiger partial charge is 0.280 e. The van der Waals surface area contributed by atoms with Crippen molar-refractivity contribution in [2.75, 3.05) is 0 Å². The summed E-state index contributed by atoms with van der Waals surface area (Å²) in [6.07, 6.45) is -0.226. The first-order valence-corrected chi connectivity index (χ1v) is 9.32. The molecule has 2 aromatic carbocycles. The Morgan fingerprint density at radius 1 is 1.12 bits per heavy atom. The first-order chi connectivity index (χ1) is 12.4. The minimum Gasteiger partial charge on any atom is -0.280 e. The Hall–Kier alpha value is -1.62. The van der Waals surface area contributed by atoms with Gasteiger partial charge in [-0.05, 0) is 30.6 Å². The van der Waals surface area contributed by atoms with E-state index in [0.29, 0.717) is 30.0 Å². The second-order valence-electron chi connectivity index (χ2n) is 7.17. The molecule has 2 unspecified atom stereocenters. The predicted octanol–water partition coefficient (Wildman–Crippen LogP) is 7.09. The predicted molar refractivity (Wildman–Crippen MR) is 94.2 cm³/mol. The SMILES string of the molecule is CCCCC1CCCCC1(OC(F)(F)F)c1ccc2ccccc2c1F. The number of unbranched alkanes of at least 4 members (excludes halogenated alkanes) is 1. The van der Waals surface area contributed by atoms with Crippen molar-refractivity contribution in [2.45, 2.75) is 63.8 Å². The fraction of sp³-hybridized carbons (Fsp3) is 0.524. The molecule has 5 heteroatoms. The van der Waals surface area contributed by atoms with Gasteiger partial charge in [0.25, 0.3) is 0 Å². The van der Waals surface area contributed by atoms with E-state index in [1.54, 1.807) is 30.3 Å². The minimum absolute atomic E-state index is 0.0503. The van der Waals surface area contributed by atoms with E-state index in [9.17, 15) is 13.2 Å². The van der Waals surface area contributed by atoms with E-state index in [1.165, 1.54) is 6.07 Å². The lowest BCUT2D eigenvalue weighted by Gasteiger charge is -2.45. The molecule has 0 amide bonds. The van der Waals surface area contributed by atoms with Gasteiger partial charge in [0.1, 0.15) is 11.4 Å². The normalized spacial score (nSPS) is 24.1. The van der Waals surface area contributed by atoms with Crippen LogP contribution in [0.4, 0.5) is 17.6 Å². The van der Waals surface area contributed by atoms with E-state index in [-0.39, 0.29) is 17.9 Å². The number of hydrogen-bond donors (Lipinski definition) is 0. The Kier molecular flexibility index (Phi) is 5.56. The zero-order chi connectivity index (χ0) is 18.8. The van der Waals surface area contributed by atoms with Crippen molar-refractivity contribution in [1.29, 1.82) is 0 Å². The van der Waals surface area contributed by atoms with Crippen LogP contribution in [0.2, 0.25) is 0 Å². The highest BCUT2D eigenvalue weighted by molar-refractivity contribution is 5.84. The number of rotatable bonds is 5. The van der Waals surface area contributed by atoms with Gasteiger partial charge in [-0.2, -0.15) is 0 Å². The van der Waals surface area contributed by atoms with Gasteiger partial charge in [-0.3, -0.25) is 4.74 Å². The lowest BCUT2D eigenvalue weighted by Crippen LogP contribution is -2.45. The van der Waals surface area contributed by atoms with E-state index < -0.39 is 17.8 Å². The summed E-state index contributed by atoms with van der Waals surface area (Å²) in [5, 5.41) is 1.02. The summed E-state index contributed by atoms with van der Waals surface area (Å²) in [5.74, 6) is -0.927. The number of ether oxygens (including phenoxy) is 1. The van der Waals surface area contributed by atoms with E-state index in [0.717, 1.165) is 19.3 Å². The van der Waals surface area contributed by atoms with Crippen LogP contribution >= 0.6 is 0 Å². The van der Waals surface area contributed by atoms with Crippen LogP contribution in [-0.2, 0) is 10.3 Å². The molecule has 142 valence electrons. The molecule has 1 aliphatic rings. The number of benzene rings is 2. The van der Waals surface area contributed by atoms with Crippen LogP contribution in [0.5, 0.6) is 0 Å². The summed E-state index contributed by atoms with van der Waals surface area (Å²) in [7, 11) is 0. The second kappa shape index (κ2) is 7.55. The maximum atomic E-state index is 15.3. The van der Waals surface area contributed by atoms with E-state index in [1.807, 2.05) is 6.92 Å². The first-order valence-electron chi connectivity index (χ1n) is 9.32. The summed E-state index contributed by atoms with van der Waals surface area (Å²) in [5.41, 5.74) is -1.59. The summed E-state index contributed by atoms with van der Waals surface area (Å²) in [6.45, 7) is 2.01. The highest BCUT2D eigenvalue weighted by atomic mass is 19.4. The Morgan fingerprint density at radius 2 is 1.88 bits per heavy atom. The minimum atomic E-state index is -4.81. The van der Waals surface area contributed by atoms with Crippen molar-refractivity contribution in [2.24, 2.45) is 5.92 Å².